The third-order valence-electron chi connectivity index (χ3n) is 4.05. The predicted molar refractivity (Wildman–Crippen MR) is 80.7 cm³/mol. The zero-order chi connectivity index (χ0) is 14.8. The fraction of sp³-hybridized carbons (Fsp3) is 0.938. The summed E-state index contributed by atoms with van der Waals surface area (Å²) in [6.07, 6.45) is 7.42. The summed E-state index contributed by atoms with van der Waals surface area (Å²) in [5, 5.41) is 3.23. The third kappa shape index (κ3) is 5.80. The minimum absolute atomic E-state index is 0.190. The van der Waals surface area contributed by atoms with Crippen LogP contribution in [0.5, 0.6) is 0 Å². The molecule has 0 aromatic rings. The van der Waals surface area contributed by atoms with Gasteiger partial charge in [0.1, 0.15) is 6.04 Å². The maximum Gasteiger partial charge on any atom is 0.325 e. The molecule has 0 aromatic heterocycles. The molecule has 0 saturated heterocycles. The second-order valence-corrected chi connectivity index (χ2v) is 5.58. The Labute approximate surface area is 123 Å². The van der Waals surface area contributed by atoms with Gasteiger partial charge in [0.05, 0.1) is 19.3 Å². The molecule has 1 N–H and O–H groups in total. The van der Waals surface area contributed by atoms with Gasteiger partial charge in [-0.25, -0.2) is 0 Å². The summed E-state index contributed by atoms with van der Waals surface area (Å²) in [5.41, 5.74) is 0. The van der Waals surface area contributed by atoms with Crippen LogP contribution in [0.25, 0.3) is 0 Å². The van der Waals surface area contributed by atoms with Crippen LogP contribution in [0.3, 0.4) is 0 Å². The Morgan fingerprint density at radius 2 is 2.00 bits per heavy atom. The Bertz CT molecular complexity index is 270. The number of nitrogens with one attached hydrogen (secondary N) is 1. The molecule has 0 radical (unpaired) electrons. The summed E-state index contributed by atoms with van der Waals surface area (Å²) in [6, 6.07) is -0.325. The lowest BCUT2D eigenvalue weighted by Gasteiger charge is -2.31. The summed E-state index contributed by atoms with van der Waals surface area (Å²) in [5.74, 6) is 0.461. The minimum atomic E-state index is -0.325. The highest BCUT2D eigenvalue weighted by Crippen LogP contribution is 2.29. The Balaban J connectivity index is 2.44. The van der Waals surface area contributed by atoms with Crippen LogP contribution in [0.2, 0.25) is 0 Å². The smallest absolute Gasteiger partial charge is 0.325 e. The van der Waals surface area contributed by atoms with E-state index in [-0.39, 0.29) is 12.0 Å². The molecule has 1 aliphatic carbocycles. The van der Waals surface area contributed by atoms with Gasteiger partial charge in [-0.05, 0) is 38.6 Å². The van der Waals surface area contributed by atoms with E-state index in [1.165, 1.54) is 19.3 Å². The van der Waals surface area contributed by atoms with E-state index in [0.29, 0.717) is 25.2 Å². The monoisotopic (exact) mass is 285 g/mol. The standard InChI is InChI=1S/C16H31NO3/c1-4-11-17-14(16(18)19-6-3)12-20-15-10-8-7-9-13(15)5-2/h13-15,17H,4-12H2,1-3H3. The first-order valence-electron chi connectivity index (χ1n) is 8.24. The fourth-order valence-electron chi connectivity index (χ4n) is 2.85. The molecule has 20 heavy (non-hydrogen) atoms. The summed E-state index contributed by atoms with van der Waals surface area (Å²) in [4.78, 5) is 11.9. The van der Waals surface area contributed by atoms with Crippen LogP contribution in [-0.4, -0.2) is 37.9 Å². The zero-order valence-corrected chi connectivity index (χ0v) is 13.3. The molecule has 4 heteroatoms. The van der Waals surface area contributed by atoms with Crippen molar-refractivity contribution in [1.29, 1.82) is 0 Å². The summed E-state index contributed by atoms with van der Waals surface area (Å²) < 4.78 is 11.2. The molecule has 3 atom stereocenters. The lowest BCUT2D eigenvalue weighted by Crippen LogP contribution is -2.44. The lowest BCUT2D eigenvalue weighted by atomic mass is 9.85. The Morgan fingerprint density at radius 1 is 1.25 bits per heavy atom. The van der Waals surface area contributed by atoms with Crippen molar-refractivity contribution in [2.75, 3.05) is 19.8 Å². The van der Waals surface area contributed by atoms with E-state index in [4.69, 9.17) is 9.47 Å². The van der Waals surface area contributed by atoms with Crippen molar-refractivity contribution >= 4 is 5.97 Å². The van der Waals surface area contributed by atoms with Crippen molar-refractivity contribution in [2.24, 2.45) is 5.92 Å². The fourth-order valence-corrected chi connectivity index (χ4v) is 2.85. The molecule has 0 aromatic carbocycles. The van der Waals surface area contributed by atoms with Crippen LogP contribution in [0.15, 0.2) is 0 Å². The highest BCUT2D eigenvalue weighted by Gasteiger charge is 2.27. The van der Waals surface area contributed by atoms with Crippen molar-refractivity contribution in [2.45, 2.75) is 71.4 Å². The van der Waals surface area contributed by atoms with Gasteiger partial charge in [0.25, 0.3) is 0 Å². The molecule has 1 rings (SSSR count). The molecule has 0 amide bonds. The molecule has 0 heterocycles. The molecule has 118 valence electrons. The number of carbonyl (C=O) groups excluding carboxylic acids is 1. The van der Waals surface area contributed by atoms with Crippen molar-refractivity contribution in [3.05, 3.63) is 0 Å². The van der Waals surface area contributed by atoms with Crippen LogP contribution in [0.4, 0.5) is 0 Å². The molecule has 0 aliphatic heterocycles. The van der Waals surface area contributed by atoms with E-state index < -0.39 is 0 Å². The van der Waals surface area contributed by atoms with Gasteiger partial charge in [0, 0.05) is 0 Å². The van der Waals surface area contributed by atoms with Crippen LogP contribution < -0.4 is 5.32 Å². The normalized spacial score (nSPS) is 24.4. The average molecular weight is 285 g/mol. The summed E-state index contributed by atoms with van der Waals surface area (Å²) in [7, 11) is 0. The molecule has 0 bridgehead atoms. The van der Waals surface area contributed by atoms with E-state index in [2.05, 4.69) is 19.2 Å². The lowest BCUT2D eigenvalue weighted by molar-refractivity contribution is -0.148. The second-order valence-electron chi connectivity index (χ2n) is 5.58. The van der Waals surface area contributed by atoms with Crippen molar-refractivity contribution in [3.63, 3.8) is 0 Å². The van der Waals surface area contributed by atoms with Crippen LogP contribution in [0, 0.1) is 5.92 Å². The Morgan fingerprint density at radius 3 is 2.65 bits per heavy atom. The number of rotatable bonds is 9. The van der Waals surface area contributed by atoms with Crippen LogP contribution in [-0.2, 0) is 14.3 Å². The van der Waals surface area contributed by atoms with E-state index in [0.717, 1.165) is 25.8 Å². The molecular formula is C16H31NO3. The molecule has 0 spiro atoms. The van der Waals surface area contributed by atoms with Gasteiger partial charge in [0.15, 0.2) is 0 Å². The van der Waals surface area contributed by atoms with Gasteiger partial charge in [-0.3, -0.25) is 4.79 Å². The first kappa shape index (κ1) is 17.4. The van der Waals surface area contributed by atoms with Crippen molar-refractivity contribution in [1.82, 2.24) is 5.32 Å². The highest BCUT2D eigenvalue weighted by atomic mass is 16.5. The van der Waals surface area contributed by atoms with E-state index in [1.54, 1.807) is 0 Å². The third-order valence-corrected chi connectivity index (χ3v) is 4.05. The van der Waals surface area contributed by atoms with E-state index in [9.17, 15) is 4.79 Å². The number of esters is 1. The predicted octanol–water partition coefficient (Wildman–Crippen LogP) is 2.90. The maximum atomic E-state index is 11.9. The Hall–Kier alpha value is -0.610. The van der Waals surface area contributed by atoms with Crippen molar-refractivity contribution < 1.29 is 14.3 Å². The van der Waals surface area contributed by atoms with E-state index >= 15 is 0 Å². The number of carbonyl (C=O) groups is 1. The van der Waals surface area contributed by atoms with Gasteiger partial charge in [-0.1, -0.05) is 33.1 Å². The average Bonchev–Trinajstić information content (AvgIpc) is 2.48. The first-order chi connectivity index (χ1) is 9.72. The minimum Gasteiger partial charge on any atom is -0.465 e. The number of hydrogen-bond acceptors (Lipinski definition) is 4. The maximum absolute atomic E-state index is 11.9. The van der Waals surface area contributed by atoms with Gasteiger partial charge in [-0.15, -0.1) is 0 Å². The van der Waals surface area contributed by atoms with E-state index in [1.807, 2.05) is 6.92 Å². The van der Waals surface area contributed by atoms with Gasteiger partial charge in [-0.2, -0.15) is 0 Å². The van der Waals surface area contributed by atoms with Gasteiger partial charge >= 0.3 is 5.97 Å². The van der Waals surface area contributed by atoms with Gasteiger partial charge < -0.3 is 14.8 Å². The van der Waals surface area contributed by atoms with Crippen molar-refractivity contribution in [3.8, 4) is 0 Å². The molecule has 1 saturated carbocycles. The zero-order valence-electron chi connectivity index (χ0n) is 13.3. The van der Waals surface area contributed by atoms with Gasteiger partial charge in [0.2, 0.25) is 0 Å². The quantitative estimate of drug-likeness (QED) is 0.662. The van der Waals surface area contributed by atoms with Crippen LogP contribution in [0.1, 0.15) is 59.3 Å². The van der Waals surface area contributed by atoms with Crippen LogP contribution >= 0.6 is 0 Å². The number of ether oxygens (including phenoxy) is 2. The summed E-state index contributed by atoms with van der Waals surface area (Å²) >= 11 is 0. The first-order valence-corrected chi connectivity index (χ1v) is 8.24. The molecule has 1 fully saturated rings. The molecule has 1 aliphatic rings. The SMILES string of the molecule is CCCNC(COC1CCCCC1CC)C(=O)OCC. The number of hydrogen-bond donors (Lipinski definition) is 1. The largest absolute Gasteiger partial charge is 0.465 e. The molecule has 4 nitrogen and oxygen atoms in total. The second kappa shape index (κ2) is 10.2. The topological polar surface area (TPSA) is 47.6 Å². The Kier molecular flexibility index (Phi) is 8.86. The summed E-state index contributed by atoms with van der Waals surface area (Å²) in [6.45, 7) is 7.82. The molecular weight excluding hydrogens is 254 g/mol. The molecule has 3 unspecified atom stereocenters. The highest BCUT2D eigenvalue weighted by molar-refractivity contribution is 5.75.